The van der Waals surface area contributed by atoms with Crippen LogP contribution in [0, 0.1) is 5.92 Å². The smallest absolute Gasteiger partial charge is 0.0433 e. The van der Waals surface area contributed by atoms with Gasteiger partial charge in [-0.15, -0.1) is 11.3 Å². The molecule has 1 unspecified atom stereocenters. The van der Waals surface area contributed by atoms with Gasteiger partial charge in [0.15, 0.2) is 0 Å². The van der Waals surface area contributed by atoms with Gasteiger partial charge in [0.05, 0.1) is 0 Å². The molecular weight excluding hydrogens is 168 g/mol. The van der Waals surface area contributed by atoms with E-state index in [-0.39, 0.29) is 0 Å². The Morgan fingerprint density at radius 3 is 2.92 bits per heavy atom. The number of aliphatic hydroxyl groups is 1. The van der Waals surface area contributed by atoms with Gasteiger partial charge in [-0.2, -0.15) is 0 Å². The highest BCUT2D eigenvalue weighted by Crippen LogP contribution is 2.15. The summed E-state index contributed by atoms with van der Waals surface area (Å²) < 4.78 is 0. The average Bonchev–Trinajstić information content (AvgIpc) is 2.53. The first-order valence-electron chi connectivity index (χ1n) is 4.46. The van der Waals surface area contributed by atoms with Crippen molar-refractivity contribution in [3.05, 3.63) is 22.4 Å². The first kappa shape index (κ1) is 9.75. The summed E-state index contributed by atoms with van der Waals surface area (Å²) in [6.07, 6.45) is 3.30. The lowest BCUT2D eigenvalue weighted by Crippen LogP contribution is -1.99. The number of hydrogen-bond acceptors (Lipinski definition) is 2. The highest BCUT2D eigenvalue weighted by atomic mass is 32.1. The second kappa shape index (κ2) is 5.33. The highest BCUT2D eigenvalue weighted by Gasteiger charge is 2.01. The molecule has 0 aliphatic carbocycles. The zero-order chi connectivity index (χ0) is 8.81. The Bertz CT molecular complexity index is 194. The molecular formula is C10H16OS. The van der Waals surface area contributed by atoms with Gasteiger partial charge in [-0.25, -0.2) is 0 Å². The molecule has 0 bridgehead atoms. The van der Waals surface area contributed by atoms with Crippen LogP contribution in [0.25, 0.3) is 0 Å². The van der Waals surface area contributed by atoms with Gasteiger partial charge >= 0.3 is 0 Å². The molecule has 0 aliphatic heterocycles. The molecule has 0 aliphatic rings. The molecule has 0 saturated heterocycles. The molecule has 1 nitrogen and oxygen atoms in total. The van der Waals surface area contributed by atoms with E-state index in [0.717, 1.165) is 6.42 Å². The number of thiophene rings is 1. The van der Waals surface area contributed by atoms with Gasteiger partial charge in [0.25, 0.3) is 0 Å². The second-order valence-corrected chi connectivity index (χ2v) is 4.27. The predicted octanol–water partition coefficient (Wildman–Crippen LogP) is 2.70. The standard InChI is InChI=1S/C10H16OS/c1-9(6-7-11)4-5-10-3-2-8-12-10/h2-3,8-9,11H,4-7H2,1H3. The van der Waals surface area contributed by atoms with Crippen molar-refractivity contribution < 1.29 is 5.11 Å². The van der Waals surface area contributed by atoms with Gasteiger partial charge in [0.2, 0.25) is 0 Å². The molecule has 2 heteroatoms. The first-order valence-corrected chi connectivity index (χ1v) is 5.34. The van der Waals surface area contributed by atoms with Crippen molar-refractivity contribution in [2.45, 2.75) is 26.2 Å². The largest absolute Gasteiger partial charge is 0.396 e. The summed E-state index contributed by atoms with van der Waals surface area (Å²) in [5.41, 5.74) is 0. The zero-order valence-electron chi connectivity index (χ0n) is 7.49. The van der Waals surface area contributed by atoms with E-state index in [4.69, 9.17) is 5.11 Å². The van der Waals surface area contributed by atoms with Crippen molar-refractivity contribution >= 4 is 11.3 Å². The van der Waals surface area contributed by atoms with Crippen molar-refractivity contribution in [1.29, 1.82) is 0 Å². The van der Waals surface area contributed by atoms with Crippen molar-refractivity contribution in [2.24, 2.45) is 5.92 Å². The van der Waals surface area contributed by atoms with Crippen LogP contribution in [-0.4, -0.2) is 11.7 Å². The fourth-order valence-electron chi connectivity index (χ4n) is 1.21. The SMILES string of the molecule is CC(CCO)CCc1cccs1. The van der Waals surface area contributed by atoms with E-state index in [1.807, 2.05) is 11.3 Å². The van der Waals surface area contributed by atoms with Gasteiger partial charge in [-0.1, -0.05) is 13.0 Å². The molecule has 0 fully saturated rings. The van der Waals surface area contributed by atoms with Crippen LogP contribution in [-0.2, 0) is 6.42 Å². The summed E-state index contributed by atoms with van der Waals surface area (Å²) >= 11 is 1.82. The lowest BCUT2D eigenvalue weighted by molar-refractivity contribution is 0.258. The minimum absolute atomic E-state index is 0.325. The van der Waals surface area contributed by atoms with Crippen LogP contribution in [0.3, 0.4) is 0 Å². The Balaban J connectivity index is 2.17. The molecule has 68 valence electrons. The number of aryl methyl sites for hydroxylation is 1. The molecule has 1 heterocycles. The monoisotopic (exact) mass is 184 g/mol. The maximum absolute atomic E-state index is 8.70. The highest BCUT2D eigenvalue weighted by molar-refractivity contribution is 7.09. The summed E-state index contributed by atoms with van der Waals surface area (Å²) in [5.74, 6) is 0.650. The van der Waals surface area contributed by atoms with Gasteiger partial charge in [-0.3, -0.25) is 0 Å². The Hall–Kier alpha value is -0.340. The third-order valence-corrected chi connectivity index (χ3v) is 3.02. The molecule has 1 aromatic rings. The van der Waals surface area contributed by atoms with E-state index in [1.165, 1.54) is 17.7 Å². The molecule has 12 heavy (non-hydrogen) atoms. The lowest BCUT2D eigenvalue weighted by Gasteiger charge is -2.07. The molecule has 0 radical (unpaired) electrons. The molecule has 0 spiro atoms. The summed E-state index contributed by atoms with van der Waals surface area (Å²) in [4.78, 5) is 1.46. The van der Waals surface area contributed by atoms with Gasteiger partial charge in [-0.05, 0) is 36.6 Å². The Morgan fingerprint density at radius 2 is 2.33 bits per heavy atom. The Labute approximate surface area is 78.1 Å². The number of aliphatic hydroxyl groups excluding tert-OH is 1. The van der Waals surface area contributed by atoms with Gasteiger partial charge in [0, 0.05) is 11.5 Å². The van der Waals surface area contributed by atoms with E-state index in [2.05, 4.69) is 24.4 Å². The maximum Gasteiger partial charge on any atom is 0.0433 e. The predicted molar refractivity (Wildman–Crippen MR) is 53.5 cm³/mol. The first-order chi connectivity index (χ1) is 5.83. The van der Waals surface area contributed by atoms with E-state index < -0.39 is 0 Å². The van der Waals surface area contributed by atoms with E-state index in [0.29, 0.717) is 12.5 Å². The minimum atomic E-state index is 0.325. The minimum Gasteiger partial charge on any atom is -0.396 e. The molecule has 0 saturated carbocycles. The van der Waals surface area contributed by atoms with Crippen molar-refractivity contribution in [3.63, 3.8) is 0 Å². The van der Waals surface area contributed by atoms with Crippen LogP contribution >= 0.6 is 11.3 Å². The quantitative estimate of drug-likeness (QED) is 0.746. The van der Waals surface area contributed by atoms with Crippen LogP contribution in [0.1, 0.15) is 24.6 Å². The summed E-state index contributed by atoms with van der Waals surface area (Å²) in [5, 5.41) is 10.8. The molecule has 1 atom stereocenters. The van der Waals surface area contributed by atoms with Crippen molar-refractivity contribution in [2.75, 3.05) is 6.61 Å². The van der Waals surface area contributed by atoms with Gasteiger partial charge in [0.1, 0.15) is 0 Å². The lowest BCUT2D eigenvalue weighted by atomic mass is 10.0. The van der Waals surface area contributed by atoms with Gasteiger partial charge < -0.3 is 5.11 Å². The van der Waals surface area contributed by atoms with Crippen LogP contribution in [0.2, 0.25) is 0 Å². The van der Waals surface area contributed by atoms with Crippen molar-refractivity contribution in [1.82, 2.24) is 0 Å². The Kier molecular flexibility index (Phi) is 4.33. The summed E-state index contributed by atoms with van der Waals surface area (Å²) in [7, 11) is 0. The van der Waals surface area contributed by atoms with Crippen molar-refractivity contribution in [3.8, 4) is 0 Å². The molecule has 1 rings (SSSR count). The number of hydrogen-bond donors (Lipinski definition) is 1. The molecule has 0 aromatic carbocycles. The molecule has 1 aromatic heterocycles. The third-order valence-electron chi connectivity index (χ3n) is 2.09. The average molecular weight is 184 g/mol. The summed E-state index contributed by atoms with van der Waals surface area (Å²) in [6.45, 7) is 2.52. The van der Waals surface area contributed by atoms with Crippen LogP contribution < -0.4 is 0 Å². The van der Waals surface area contributed by atoms with Crippen LogP contribution in [0.15, 0.2) is 17.5 Å². The van der Waals surface area contributed by atoms with Crippen LogP contribution in [0.5, 0.6) is 0 Å². The molecule has 0 amide bonds. The molecule has 1 N–H and O–H groups in total. The zero-order valence-corrected chi connectivity index (χ0v) is 8.31. The third kappa shape index (κ3) is 3.37. The van der Waals surface area contributed by atoms with E-state index in [1.54, 1.807) is 0 Å². The van der Waals surface area contributed by atoms with E-state index in [9.17, 15) is 0 Å². The normalized spacial score (nSPS) is 13.2. The van der Waals surface area contributed by atoms with Crippen LogP contribution in [0.4, 0.5) is 0 Å². The Morgan fingerprint density at radius 1 is 1.50 bits per heavy atom. The fourth-order valence-corrected chi connectivity index (χ4v) is 1.93. The van der Waals surface area contributed by atoms with E-state index >= 15 is 0 Å². The topological polar surface area (TPSA) is 20.2 Å². The second-order valence-electron chi connectivity index (χ2n) is 3.24. The fraction of sp³-hybridized carbons (Fsp3) is 0.600. The summed E-state index contributed by atoms with van der Waals surface area (Å²) in [6, 6.07) is 4.27. The maximum atomic E-state index is 8.70. The number of rotatable bonds is 5.